The maximum atomic E-state index is 3.55. The lowest BCUT2D eigenvalue weighted by Gasteiger charge is -2.21. The molecule has 1 aromatic rings. The second-order valence-electron chi connectivity index (χ2n) is 4.55. The van der Waals surface area contributed by atoms with Gasteiger partial charge in [0.1, 0.15) is 0 Å². The quantitative estimate of drug-likeness (QED) is 0.791. The molecule has 1 radical (unpaired) electrons. The van der Waals surface area contributed by atoms with E-state index in [0.29, 0.717) is 0 Å². The van der Waals surface area contributed by atoms with E-state index in [1.807, 2.05) is 6.07 Å². The lowest BCUT2D eigenvalue weighted by atomic mass is 9.89. The summed E-state index contributed by atoms with van der Waals surface area (Å²) in [6.45, 7) is 2.18. The Bertz CT molecular complexity index is 262. The zero-order chi connectivity index (χ0) is 10.3. The maximum absolute atomic E-state index is 3.55. The van der Waals surface area contributed by atoms with Crippen molar-refractivity contribution in [2.24, 2.45) is 5.92 Å². The van der Waals surface area contributed by atoms with Crippen molar-refractivity contribution in [2.45, 2.75) is 38.6 Å². The second-order valence-corrected chi connectivity index (χ2v) is 4.55. The van der Waals surface area contributed by atoms with Crippen LogP contribution < -0.4 is 5.32 Å². The highest BCUT2D eigenvalue weighted by atomic mass is 14.9. The molecule has 15 heavy (non-hydrogen) atoms. The summed E-state index contributed by atoms with van der Waals surface area (Å²) in [5.41, 5.74) is 1.34. The van der Waals surface area contributed by atoms with Crippen molar-refractivity contribution in [2.75, 3.05) is 6.54 Å². The van der Waals surface area contributed by atoms with Gasteiger partial charge in [0.2, 0.25) is 0 Å². The van der Waals surface area contributed by atoms with Crippen molar-refractivity contribution in [3.8, 4) is 0 Å². The zero-order valence-electron chi connectivity index (χ0n) is 9.34. The highest BCUT2D eigenvalue weighted by Crippen LogP contribution is 2.22. The lowest BCUT2D eigenvalue weighted by molar-refractivity contribution is 0.342. The zero-order valence-corrected chi connectivity index (χ0v) is 9.34. The fourth-order valence-corrected chi connectivity index (χ4v) is 2.35. The molecule has 0 spiro atoms. The van der Waals surface area contributed by atoms with Gasteiger partial charge in [0.15, 0.2) is 0 Å². The Balaban J connectivity index is 1.66. The van der Waals surface area contributed by atoms with Crippen LogP contribution in [0.5, 0.6) is 0 Å². The normalized spacial score (nSPS) is 17.9. The van der Waals surface area contributed by atoms with Crippen LogP contribution in [0.1, 0.15) is 37.7 Å². The highest BCUT2D eigenvalue weighted by Gasteiger charge is 2.12. The van der Waals surface area contributed by atoms with E-state index in [4.69, 9.17) is 0 Å². The van der Waals surface area contributed by atoms with E-state index >= 15 is 0 Å². The van der Waals surface area contributed by atoms with Crippen LogP contribution in [0.3, 0.4) is 0 Å². The van der Waals surface area contributed by atoms with E-state index in [2.05, 4.69) is 29.6 Å². The van der Waals surface area contributed by atoms with Crippen molar-refractivity contribution >= 4 is 0 Å². The summed E-state index contributed by atoms with van der Waals surface area (Å²) < 4.78 is 0. The monoisotopic (exact) mass is 202 g/mol. The summed E-state index contributed by atoms with van der Waals surface area (Å²) in [4.78, 5) is 0. The van der Waals surface area contributed by atoms with E-state index in [-0.39, 0.29) is 0 Å². The van der Waals surface area contributed by atoms with E-state index < -0.39 is 0 Å². The fourth-order valence-electron chi connectivity index (χ4n) is 2.35. The molecular weight excluding hydrogens is 182 g/mol. The van der Waals surface area contributed by atoms with E-state index in [0.717, 1.165) is 12.5 Å². The molecule has 1 aromatic carbocycles. The third-order valence-corrected chi connectivity index (χ3v) is 3.26. The minimum Gasteiger partial charge on any atom is -0.312 e. The van der Waals surface area contributed by atoms with Crippen LogP contribution in [0.25, 0.3) is 0 Å². The van der Waals surface area contributed by atoms with Gasteiger partial charge in [-0.15, -0.1) is 0 Å². The average Bonchev–Trinajstić information content (AvgIpc) is 2.32. The first kappa shape index (κ1) is 10.7. The Morgan fingerprint density at radius 3 is 2.87 bits per heavy atom. The van der Waals surface area contributed by atoms with Gasteiger partial charge in [-0.3, -0.25) is 0 Å². The first-order valence-corrected chi connectivity index (χ1v) is 6.11. The third kappa shape index (κ3) is 3.67. The molecule has 0 aliphatic heterocycles. The minimum atomic E-state index is 0.923. The van der Waals surface area contributed by atoms with Crippen molar-refractivity contribution in [3.05, 3.63) is 35.9 Å². The van der Waals surface area contributed by atoms with Crippen molar-refractivity contribution in [1.82, 2.24) is 5.32 Å². The summed E-state index contributed by atoms with van der Waals surface area (Å²) in [6, 6.07) is 11.3. The van der Waals surface area contributed by atoms with Crippen molar-refractivity contribution in [3.63, 3.8) is 0 Å². The molecule has 1 aliphatic rings. The van der Waals surface area contributed by atoms with Crippen molar-refractivity contribution < 1.29 is 0 Å². The lowest BCUT2D eigenvalue weighted by Crippen LogP contribution is -2.24. The molecule has 0 atom stereocenters. The van der Waals surface area contributed by atoms with Gasteiger partial charge >= 0.3 is 0 Å². The highest BCUT2D eigenvalue weighted by molar-refractivity contribution is 5.13. The standard InChI is InChI=1S/C14H20N/c1-3-7-13(8-4-1)11-15-12-14-9-5-2-6-10-14/h1,3,7-8,14-15H,2,5-6,9-12H2. The Morgan fingerprint density at radius 2 is 2.13 bits per heavy atom. The van der Waals surface area contributed by atoms with Gasteiger partial charge in [-0.2, -0.15) is 0 Å². The molecule has 1 nitrogen and oxygen atoms in total. The predicted octanol–water partition coefficient (Wildman–Crippen LogP) is 3.16. The topological polar surface area (TPSA) is 12.0 Å². The smallest absolute Gasteiger partial charge is 0.0205 e. The van der Waals surface area contributed by atoms with Gasteiger partial charge in [-0.25, -0.2) is 0 Å². The summed E-state index contributed by atoms with van der Waals surface area (Å²) in [5.74, 6) is 0.923. The SMILES string of the molecule is [c]1cccc(CNCC2CCCCC2)c1. The van der Waals surface area contributed by atoms with Crippen molar-refractivity contribution in [1.29, 1.82) is 0 Å². The van der Waals surface area contributed by atoms with Gasteiger partial charge in [-0.05, 0) is 43.0 Å². The molecule has 0 aromatic heterocycles. The first-order chi connectivity index (χ1) is 7.45. The first-order valence-electron chi connectivity index (χ1n) is 6.11. The molecule has 81 valence electrons. The third-order valence-electron chi connectivity index (χ3n) is 3.26. The summed E-state index contributed by atoms with van der Waals surface area (Å²) >= 11 is 0. The minimum absolute atomic E-state index is 0.923. The Hall–Kier alpha value is -0.820. The fraction of sp³-hybridized carbons (Fsp3) is 0.571. The van der Waals surface area contributed by atoms with Gasteiger partial charge in [-0.1, -0.05) is 37.5 Å². The molecule has 1 saturated carbocycles. The molecule has 0 bridgehead atoms. The molecule has 1 N–H and O–H groups in total. The summed E-state index contributed by atoms with van der Waals surface area (Å²) in [6.07, 6.45) is 7.17. The van der Waals surface area contributed by atoms with Gasteiger partial charge in [0.05, 0.1) is 0 Å². The Kier molecular flexibility index (Phi) is 4.22. The van der Waals surface area contributed by atoms with Crippen LogP contribution in [-0.4, -0.2) is 6.54 Å². The van der Waals surface area contributed by atoms with E-state index in [1.165, 1.54) is 44.2 Å². The summed E-state index contributed by atoms with van der Waals surface area (Å²) in [7, 11) is 0. The average molecular weight is 202 g/mol. The number of rotatable bonds is 4. The molecule has 0 heterocycles. The Morgan fingerprint density at radius 1 is 1.27 bits per heavy atom. The van der Waals surface area contributed by atoms with Crippen LogP contribution in [0.15, 0.2) is 24.3 Å². The van der Waals surface area contributed by atoms with Gasteiger partial charge in [0.25, 0.3) is 0 Å². The van der Waals surface area contributed by atoms with Crippen LogP contribution in [0.4, 0.5) is 0 Å². The predicted molar refractivity (Wildman–Crippen MR) is 63.6 cm³/mol. The van der Waals surface area contributed by atoms with Crippen LogP contribution >= 0.6 is 0 Å². The summed E-state index contributed by atoms with van der Waals surface area (Å²) in [5, 5.41) is 3.55. The number of hydrogen-bond donors (Lipinski definition) is 1. The molecule has 0 amide bonds. The molecule has 1 heteroatoms. The largest absolute Gasteiger partial charge is 0.312 e. The van der Waals surface area contributed by atoms with Crippen LogP contribution in [0, 0.1) is 12.0 Å². The number of benzene rings is 1. The Labute approximate surface area is 92.9 Å². The molecule has 0 unspecified atom stereocenters. The second kappa shape index (κ2) is 5.92. The molecule has 0 saturated heterocycles. The van der Waals surface area contributed by atoms with Crippen LogP contribution in [-0.2, 0) is 6.54 Å². The number of nitrogens with one attached hydrogen (secondary N) is 1. The molecule has 1 aliphatic carbocycles. The molecule has 1 fully saturated rings. The van der Waals surface area contributed by atoms with Gasteiger partial charge in [0, 0.05) is 6.54 Å². The molecular formula is C14H20N. The number of hydrogen-bond acceptors (Lipinski definition) is 1. The molecule has 2 rings (SSSR count). The maximum Gasteiger partial charge on any atom is 0.0205 e. The van der Waals surface area contributed by atoms with Crippen LogP contribution in [0.2, 0.25) is 0 Å². The van der Waals surface area contributed by atoms with Gasteiger partial charge < -0.3 is 5.32 Å². The van der Waals surface area contributed by atoms with E-state index in [9.17, 15) is 0 Å². The van der Waals surface area contributed by atoms with E-state index in [1.54, 1.807) is 0 Å².